The molecule has 0 unspecified atom stereocenters. The molecule has 1 saturated heterocycles. The van der Waals surface area contributed by atoms with Crippen molar-refractivity contribution < 1.29 is 9.59 Å². The Kier molecular flexibility index (Phi) is 6.89. The number of hydrogen-bond donors (Lipinski definition) is 1. The Bertz CT molecular complexity index is 1160. The molecule has 1 fully saturated rings. The van der Waals surface area contributed by atoms with Gasteiger partial charge < -0.3 is 10.2 Å². The number of nitrogens with one attached hydrogen (secondary N) is 1. The molecule has 1 N–H and O–H groups in total. The van der Waals surface area contributed by atoms with E-state index >= 15 is 0 Å². The first-order chi connectivity index (χ1) is 15.9. The highest BCUT2D eigenvalue weighted by atomic mass is 35.5. The number of rotatable bonds is 5. The second-order valence-electron chi connectivity index (χ2n) is 8.12. The summed E-state index contributed by atoms with van der Waals surface area (Å²) in [5, 5.41) is 7.96. The average Bonchev–Trinajstić information content (AvgIpc) is 3.12. The molecule has 0 bridgehead atoms. The Labute approximate surface area is 198 Å². The summed E-state index contributed by atoms with van der Waals surface area (Å²) in [6.07, 6.45) is 6.17. The topological polar surface area (TPSA) is 80.1 Å². The molecular formula is C25H26ClN5O2. The molecule has 0 saturated carbocycles. The molecule has 0 aliphatic carbocycles. The largest absolute Gasteiger partial charge is 0.339 e. The Morgan fingerprint density at radius 1 is 1.09 bits per heavy atom. The van der Waals surface area contributed by atoms with E-state index in [2.05, 4.69) is 15.4 Å². The number of aromatic nitrogens is 3. The highest BCUT2D eigenvalue weighted by Crippen LogP contribution is 2.22. The van der Waals surface area contributed by atoms with Gasteiger partial charge in [0.15, 0.2) is 0 Å². The van der Waals surface area contributed by atoms with Crippen LogP contribution >= 0.6 is 11.6 Å². The number of likely N-dealkylation sites (tertiary alicyclic amines) is 1. The van der Waals surface area contributed by atoms with E-state index in [1.165, 1.54) is 6.20 Å². The van der Waals surface area contributed by atoms with Crippen LogP contribution in [0.2, 0.25) is 5.02 Å². The van der Waals surface area contributed by atoms with Crippen LogP contribution in [0.3, 0.4) is 0 Å². The zero-order valence-electron chi connectivity index (χ0n) is 18.7. The van der Waals surface area contributed by atoms with Crippen LogP contribution in [-0.2, 0) is 9.59 Å². The van der Waals surface area contributed by atoms with Gasteiger partial charge in [-0.05, 0) is 57.0 Å². The van der Waals surface area contributed by atoms with Crippen LogP contribution in [0.4, 0.5) is 5.82 Å². The molecule has 3 heterocycles. The molecule has 0 spiro atoms. The SMILES string of the molecule is Cc1nn(-c2ccccc2)c(C)c1C=CC(=O)N1CCC(C(=O)Nc2ccc(Cl)cn2)CC1. The van der Waals surface area contributed by atoms with Crippen LogP contribution in [0.5, 0.6) is 0 Å². The Morgan fingerprint density at radius 3 is 2.48 bits per heavy atom. The standard InChI is InChI=1S/C25H26ClN5O2/c1-17-22(18(2)31(29-17)21-6-4-3-5-7-21)9-11-24(32)30-14-12-19(13-15-30)25(33)28-23-10-8-20(26)16-27-23/h3-11,16,19H,12-15H2,1-2H3,(H,27,28,33). The van der Waals surface area contributed by atoms with Crippen molar-refractivity contribution in [2.75, 3.05) is 18.4 Å². The van der Waals surface area contributed by atoms with Crippen molar-refractivity contribution >= 4 is 35.3 Å². The van der Waals surface area contributed by atoms with E-state index in [1.54, 1.807) is 23.1 Å². The van der Waals surface area contributed by atoms with E-state index in [9.17, 15) is 9.59 Å². The van der Waals surface area contributed by atoms with Crippen molar-refractivity contribution in [3.63, 3.8) is 0 Å². The van der Waals surface area contributed by atoms with Crippen LogP contribution < -0.4 is 5.32 Å². The van der Waals surface area contributed by atoms with Crippen LogP contribution in [0.15, 0.2) is 54.7 Å². The molecule has 8 heteroatoms. The number of benzene rings is 1. The molecule has 4 rings (SSSR count). The summed E-state index contributed by atoms with van der Waals surface area (Å²) in [6.45, 7) is 5.01. The van der Waals surface area contributed by atoms with Gasteiger partial charge in [0.2, 0.25) is 11.8 Å². The molecule has 1 aliphatic rings. The minimum absolute atomic E-state index is 0.0560. The highest BCUT2D eigenvalue weighted by molar-refractivity contribution is 6.30. The zero-order chi connectivity index (χ0) is 23.4. The lowest BCUT2D eigenvalue weighted by Crippen LogP contribution is -2.40. The van der Waals surface area contributed by atoms with E-state index in [1.807, 2.05) is 54.9 Å². The van der Waals surface area contributed by atoms with Gasteiger partial charge in [0.05, 0.1) is 16.4 Å². The lowest BCUT2D eigenvalue weighted by Gasteiger charge is -2.30. The van der Waals surface area contributed by atoms with Crippen LogP contribution in [0.1, 0.15) is 29.8 Å². The van der Waals surface area contributed by atoms with Crippen LogP contribution in [0.25, 0.3) is 11.8 Å². The van der Waals surface area contributed by atoms with Crippen LogP contribution in [0, 0.1) is 19.8 Å². The quantitative estimate of drug-likeness (QED) is 0.568. The van der Waals surface area contributed by atoms with Gasteiger partial charge in [-0.15, -0.1) is 0 Å². The number of carbonyl (C=O) groups excluding carboxylic acids is 2. The third-order valence-electron chi connectivity index (χ3n) is 5.90. The van der Waals surface area contributed by atoms with Gasteiger partial charge >= 0.3 is 0 Å². The molecule has 1 aliphatic heterocycles. The molecule has 3 aromatic rings. The number of piperidine rings is 1. The summed E-state index contributed by atoms with van der Waals surface area (Å²) in [7, 11) is 0. The van der Waals surface area contributed by atoms with Crippen molar-refractivity contribution in [1.29, 1.82) is 0 Å². The van der Waals surface area contributed by atoms with Gasteiger partial charge in [-0.1, -0.05) is 29.8 Å². The maximum Gasteiger partial charge on any atom is 0.246 e. The van der Waals surface area contributed by atoms with Crippen molar-refractivity contribution in [1.82, 2.24) is 19.7 Å². The molecule has 0 radical (unpaired) electrons. The molecule has 2 amide bonds. The number of pyridine rings is 1. The van der Waals surface area contributed by atoms with Gasteiger partial charge in [0, 0.05) is 42.5 Å². The lowest BCUT2D eigenvalue weighted by molar-refractivity contribution is -0.130. The number of anilines is 1. The normalized spacial score (nSPS) is 14.6. The summed E-state index contributed by atoms with van der Waals surface area (Å²) >= 11 is 5.83. The number of carbonyl (C=O) groups is 2. The van der Waals surface area contributed by atoms with E-state index < -0.39 is 0 Å². The minimum Gasteiger partial charge on any atom is -0.339 e. The van der Waals surface area contributed by atoms with Gasteiger partial charge in [-0.2, -0.15) is 5.10 Å². The molecule has 33 heavy (non-hydrogen) atoms. The number of nitrogens with zero attached hydrogens (tertiary/aromatic N) is 4. The number of amides is 2. The first-order valence-electron chi connectivity index (χ1n) is 10.9. The van der Waals surface area contributed by atoms with Crippen molar-refractivity contribution in [2.24, 2.45) is 5.92 Å². The smallest absolute Gasteiger partial charge is 0.246 e. The van der Waals surface area contributed by atoms with Crippen molar-refractivity contribution in [2.45, 2.75) is 26.7 Å². The lowest BCUT2D eigenvalue weighted by atomic mass is 9.96. The van der Waals surface area contributed by atoms with Crippen molar-refractivity contribution in [3.05, 3.63) is 76.7 Å². The minimum atomic E-state index is -0.149. The molecule has 170 valence electrons. The Balaban J connectivity index is 1.34. The van der Waals surface area contributed by atoms with Gasteiger partial charge in [0.1, 0.15) is 5.82 Å². The number of halogens is 1. The fraction of sp³-hybridized carbons (Fsp3) is 0.280. The number of para-hydroxylation sites is 1. The summed E-state index contributed by atoms with van der Waals surface area (Å²) in [5.74, 6) is 0.197. The third kappa shape index (κ3) is 5.31. The summed E-state index contributed by atoms with van der Waals surface area (Å²) in [4.78, 5) is 31.2. The first-order valence-corrected chi connectivity index (χ1v) is 11.3. The Morgan fingerprint density at radius 2 is 1.82 bits per heavy atom. The number of aryl methyl sites for hydroxylation is 1. The summed E-state index contributed by atoms with van der Waals surface area (Å²) in [5.41, 5.74) is 3.77. The van der Waals surface area contributed by atoms with Gasteiger partial charge in [-0.3, -0.25) is 9.59 Å². The van der Waals surface area contributed by atoms with E-state index in [0.29, 0.717) is 36.8 Å². The maximum atomic E-state index is 12.8. The third-order valence-corrected chi connectivity index (χ3v) is 6.12. The fourth-order valence-corrected chi connectivity index (χ4v) is 4.13. The predicted octanol–water partition coefficient (Wildman–Crippen LogP) is 4.43. The molecule has 2 aromatic heterocycles. The van der Waals surface area contributed by atoms with Crippen molar-refractivity contribution in [3.8, 4) is 5.69 Å². The van der Waals surface area contributed by atoms with Crippen LogP contribution in [-0.4, -0.2) is 44.6 Å². The number of hydrogen-bond acceptors (Lipinski definition) is 4. The van der Waals surface area contributed by atoms with Gasteiger partial charge in [0.25, 0.3) is 0 Å². The molecule has 0 atom stereocenters. The summed E-state index contributed by atoms with van der Waals surface area (Å²) in [6, 6.07) is 13.3. The second-order valence-corrected chi connectivity index (χ2v) is 8.55. The molecule has 7 nitrogen and oxygen atoms in total. The van der Waals surface area contributed by atoms with Gasteiger partial charge in [-0.25, -0.2) is 9.67 Å². The fourth-order valence-electron chi connectivity index (χ4n) is 4.02. The Hall–Kier alpha value is -3.45. The molecule has 1 aromatic carbocycles. The summed E-state index contributed by atoms with van der Waals surface area (Å²) < 4.78 is 1.89. The highest BCUT2D eigenvalue weighted by Gasteiger charge is 2.27. The second kappa shape index (κ2) is 10.0. The monoisotopic (exact) mass is 463 g/mol. The average molecular weight is 464 g/mol. The zero-order valence-corrected chi connectivity index (χ0v) is 19.4. The predicted molar refractivity (Wildman–Crippen MR) is 129 cm³/mol. The van der Waals surface area contributed by atoms with E-state index in [4.69, 9.17) is 11.6 Å². The molecular weight excluding hydrogens is 438 g/mol. The van der Waals surface area contributed by atoms with E-state index in [-0.39, 0.29) is 17.7 Å². The maximum absolute atomic E-state index is 12.8. The van der Waals surface area contributed by atoms with E-state index in [0.717, 1.165) is 22.6 Å². The first kappa shape index (κ1) is 22.7.